The highest BCUT2D eigenvalue weighted by molar-refractivity contribution is 7.92. The highest BCUT2D eigenvalue weighted by Crippen LogP contribution is 2.30. The maximum Gasteiger partial charge on any atom is 0.264 e. The summed E-state index contributed by atoms with van der Waals surface area (Å²) in [6, 6.07) is 19.0. The first-order valence-electron chi connectivity index (χ1n) is 11.4. The van der Waals surface area contributed by atoms with Crippen molar-refractivity contribution in [1.29, 1.82) is 0 Å². The molecule has 186 valence electrons. The second kappa shape index (κ2) is 11.3. The van der Waals surface area contributed by atoms with E-state index in [1.807, 2.05) is 39.8 Å². The summed E-state index contributed by atoms with van der Waals surface area (Å²) >= 11 is 0. The number of hydrogen-bond donors (Lipinski definition) is 1. The van der Waals surface area contributed by atoms with Gasteiger partial charge in [0.25, 0.3) is 10.0 Å². The third kappa shape index (κ3) is 6.33. The molecule has 35 heavy (non-hydrogen) atoms. The molecule has 1 amide bonds. The molecule has 8 heteroatoms. The van der Waals surface area contributed by atoms with Crippen molar-refractivity contribution in [3.8, 4) is 11.5 Å². The third-order valence-electron chi connectivity index (χ3n) is 5.54. The van der Waals surface area contributed by atoms with E-state index < -0.39 is 15.9 Å². The molecule has 3 aromatic rings. The zero-order valence-electron chi connectivity index (χ0n) is 20.7. The number of nitrogens with one attached hydrogen (secondary N) is 1. The van der Waals surface area contributed by atoms with Gasteiger partial charge < -0.3 is 14.8 Å². The maximum absolute atomic E-state index is 13.5. The van der Waals surface area contributed by atoms with E-state index in [-0.39, 0.29) is 24.1 Å². The lowest BCUT2D eigenvalue weighted by Gasteiger charge is -2.26. The molecule has 0 atom stereocenters. The molecular weight excluding hydrogens is 464 g/mol. The molecule has 0 fully saturated rings. The van der Waals surface area contributed by atoms with Gasteiger partial charge in [-0.25, -0.2) is 8.42 Å². The summed E-state index contributed by atoms with van der Waals surface area (Å²) < 4.78 is 39.4. The van der Waals surface area contributed by atoms with Crippen LogP contribution in [0.2, 0.25) is 0 Å². The molecular formula is C27H32N2O5S. The Kier molecular flexibility index (Phi) is 8.40. The number of ether oxygens (including phenoxy) is 2. The van der Waals surface area contributed by atoms with Crippen molar-refractivity contribution in [3.63, 3.8) is 0 Å². The second-order valence-corrected chi connectivity index (χ2v) is 10.3. The summed E-state index contributed by atoms with van der Waals surface area (Å²) in [5, 5.41) is 2.83. The van der Waals surface area contributed by atoms with Gasteiger partial charge in [0.15, 0.2) is 11.5 Å². The Balaban J connectivity index is 1.83. The number of methoxy groups -OCH3 is 1. The first kappa shape index (κ1) is 26.1. The van der Waals surface area contributed by atoms with E-state index in [0.29, 0.717) is 17.2 Å². The standard InChI is InChI=1S/C27H32N2O5S/c1-19(2)34-25-15-14-22(16-26(25)33-5)17-28-27(30)18-29(24-13-9-10-20(3)21(24)4)35(31,32)23-11-7-6-8-12-23/h6-16,19H,17-18H2,1-5H3,(H,28,30). The van der Waals surface area contributed by atoms with Crippen LogP contribution in [0.4, 0.5) is 5.69 Å². The minimum atomic E-state index is -3.96. The van der Waals surface area contributed by atoms with Crippen LogP contribution < -0.4 is 19.1 Å². The first-order chi connectivity index (χ1) is 16.6. The third-order valence-corrected chi connectivity index (χ3v) is 7.32. The van der Waals surface area contributed by atoms with Gasteiger partial charge in [-0.3, -0.25) is 9.10 Å². The van der Waals surface area contributed by atoms with Crippen molar-refractivity contribution in [2.75, 3.05) is 18.0 Å². The van der Waals surface area contributed by atoms with E-state index in [2.05, 4.69) is 5.32 Å². The van der Waals surface area contributed by atoms with Crippen LogP contribution in [-0.2, 0) is 21.4 Å². The van der Waals surface area contributed by atoms with E-state index >= 15 is 0 Å². The molecule has 0 saturated heterocycles. The zero-order chi connectivity index (χ0) is 25.6. The van der Waals surface area contributed by atoms with Gasteiger partial charge in [0.1, 0.15) is 6.54 Å². The van der Waals surface area contributed by atoms with Crippen LogP contribution in [0.5, 0.6) is 11.5 Å². The summed E-state index contributed by atoms with van der Waals surface area (Å²) in [5.74, 6) is 0.758. The Bertz CT molecular complexity index is 1270. The van der Waals surface area contributed by atoms with Gasteiger partial charge >= 0.3 is 0 Å². The molecule has 0 radical (unpaired) electrons. The summed E-state index contributed by atoms with van der Waals surface area (Å²) in [7, 11) is -2.41. The molecule has 0 aliphatic rings. The monoisotopic (exact) mass is 496 g/mol. The lowest BCUT2D eigenvalue weighted by molar-refractivity contribution is -0.119. The fraction of sp³-hybridized carbons (Fsp3) is 0.296. The molecule has 0 spiro atoms. The highest BCUT2D eigenvalue weighted by atomic mass is 32.2. The largest absolute Gasteiger partial charge is 0.493 e. The highest BCUT2D eigenvalue weighted by Gasteiger charge is 2.28. The molecule has 1 N–H and O–H groups in total. The summed E-state index contributed by atoms with van der Waals surface area (Å²) in [4.78, 5) is 13.1. The molecule has 0 bridgehead atoms. The fourth-order valence-corrected chi connectivity index (χ4v) is 5.08. The molecule has 0 saturated carbocycles. The average molecular weight is 497 g/mol. The Morgan fingerprint density at radius 3 is 2.34 bits per heavy atom. The molecule has 0 aromatic heterocycles. The summed E-state index contributed by atoms with van der Waals surface area (Å²) in [6.07, 6.45) is -0.00270. The lowest BCUT2D eigenvalue weighted by Crippen LogP contribution is -2.41. The van der Waals surface area contributed by atoms with Crippen molar-refractivity contribution >= 4 is 21.6 Å². The molecule has 3 rings (SSSR count). The number of hydrogen-bond acceptors (Lipinski definition) is 5. The predicted molar refractivity (Wildman–Crippen MR) is 137 cm³/mol. The Morgan fingerprint density at radius 1 is 0.971 bits per heavy atom. The van der Waals surface area contributed by atoms with Crippen LogP contribution >= 0.6 is 0 Å². The van der Waals surface area contributed by atoms with Crippen molar-refractivity contribution in [2.24, 2.45) is 0 Å². The van der Waals surface area contributed by atoms with Gasteiger partial charge in [0, 0.05) is 6.54 Å². The van der Waals surface area contributed by atoms with Crippen molar-refractivity contribution in [1.82, 2.24) is 5.32 Å². The smallest absolute Gasteiger partial charge is 0.264 e. The number of carbonyl (C=O) groups is 1. The normalized spacial score (nSPS) is 11.3. The Labute approximate surface area is 207 Å². The topological polar surface area (TPSA) is 84.9 Å². The van der Waals surface area contributed by atoms with Crippen LogP contribution in [-0.4, -0.2) is 34.1 Å². The summed E-state index contributed by atoms with van der Waals surface area (Å²) in [6.45, 7) is 7.48. The van der Waals surface area contributed by atoms with Crippen molar-refractivity contribution in [3.05, 3.63) is 83.4 Å². The SMILES string of the molecule is COc1cc(CNC(=O)CN(c2cccc(C)c2C)S(=O)(=O)c2ccccc2)ccc1OC(C)C. The number of anilines is 1. The van der Waals surface area contributed by atoms with E-state index in [1.165, 1.54) is 16.4 Å². The lowest BCUT2D eigenvalue weighted by atomic mass is 10.1. The van der Waals surface area contributed by atoms with E-state index in [0.717, 1.165) is 16.7 Å². The number of aryl methyl sites for hydroxylation is 1. The van der Waals surface area contributed by atoms with Crippen molar-refractivity contribution < 1.29 is 22.7 Å². The van der Waals surface area contributed by atoms with E-state index in [9.17, 15) is 13.2 Å². The van der Waals surface area contributed by atoms with Crippen LogP contribution in [0.1, 0.15) is 30.5 Å². The number of benzene rings is 3. The second-order valence-electron chi connectivity index (χ2n) is 8.47. The van der Waals surface area contributed by atoms with Crippen LogP contribution in [0.3, 0.4) is 0 Å². The molecule has 0 heterocycles. The molecule has 3 aromatic carbocycles. The van der Waals surface area contributed by atoms with Gasteiger partial charge in [-0.05, 0) is 74.7 Å². The van der Waals surface area contributed by atoms with Gasteiger partial charge in [0.05, 0.1) is 23.8 Å². The molecule has 0 aliphatic carbocycles. The van der Waals surface area contributed by atoms with Crippen LogP contribution in [0, 0.1) is 13.8 Å². The quantitative estimate of drug-likeness (QED) is 0.443. The Hall–Kier alpha value is -3.52. The van der Waals surface area contributed by atoms with Gasteiger partial charge in [-0.2, -0.15) is 0 Å². The number of amides is 1. The molecule has 7 nitrogen and oxygen atoms in total. The zero-order valence-corrected chi connectivity index (χ0v) is 21.6. The predicted octanol–water partition coefficient (Wildman–Crippen LogP) is 4.61. The number of nitrogens with zero attached hydrogens (tertiary/aromatic N) is 1. The van der Waals surface area contributed by atoms with Crippen LogP contribution in [0.25, 0.3) is 0 Å². The first-order valence-corrected chi connectivity index (χ1v) is 12.8. The average Bonchev–Trinajstić information content (AvgIpc) is 2.84. The summed E-state index contributed by atoms with van der Waals surface area (Å²) in [5.41, 5.74) is 3.01. The minimum absolute atomic E-state index is 0.00270. The fourth-order valence-electron chi connectivity index (χ4n) is 3.59. The van der Waals surface area contributed by atoms with Gasteiger partial charge in [-0.15, -0.1) is 0 Å². The number of rotatable bonds is 10. The van der Waals surface area contributed by atoms with Crippen molar-refractivity contribution in [2.45, 2.75) is 45.2 Å². The Morgan fingerprint density at radius 2 is 1.69 bits per heavy atom. The molecule has 0 unspecified atom stereocenters. The van der Waals surface area contributed by atoms with E-state index in [4.69, 9.17) is 9.47 Å². The minimum Gasteiger partial charge on any atom is -0.493 e. The molecule has 0 aliphatic heterocycles. The van der Waals surface area contributed by atoms with E-state index in [1.54, 1.807) is 49.6 Å². The van der Waals surface area contributed by atoms with Gasteiger partial charge in [-0.1, -0.05) is 36.4 Å². The number of carbonyl (C=O) groups excluding carboxylic acids is 1. The maximum atomic E-state index is 13.5. The number of sulfonamides is 1. The van der Waals surface area contributed by atoms with Gasteiger partial charge in [0.2, 0.25) is 5.91 Å². The van der Waals surface area contributed by atoms with Crippen LogP contribution in [0.15, 0.2) is 71.6 Å².